The highest BCUT2D eigenvalue weighted by molar-refractivity contribution is 7.09. The number of hydrogen-bond donors (Lipinski definition) is 0. The molecule has 0 saturated carbocycles. The first-order valence-corrected chi connectivity index (χ1v) is 9.94. The van der Waals surface area contributed by atoms with Crippen molar-refractivity contribution in [1.82, 2.24) is 14.5 Å². The number of carbonyl (C=O) groups is 1. The molecule has 7 heteroatoms. The lowest BCUT2D eigenvalue weighted by molar-refractivity contribution is -0.134. The van der Waals surface area contributed by atoms with Crippen molar-refractivity contribution in [2.75, 3.05) is 13.2 Å². The summed E-state index contributed by atoms with van der Waals surface area (Å²) in [6.07, 6.45) is 3.52. The quantitative estimate of drug-likeness (QED) is 0.656. The average molecular weight is 383 g/mol. The molecule has 1 aliphatic heterocycles. The van der Waals surface area contributed by atoms with E-state index in [1.165, 1.54) is 10.9 Å². The number of fused-ring (bicyclic) bond motifs is 1. The highest BCUT2D eigenvalue weighted by Crippen LogP contribution is 2.17. The van der Waals surface area contributed by atoms with E-state index in [2.05, 4.69) is 4.98 Å². The highest BCUT2D eigenvalue weighted by Gasteiger charge is 2.23. The zero-order chi connectivity index (χ0) is 18.6. The Morgan fingerprint density at radius 3 is 2.96 bits per heavy atom. The van der Waals surface area contributed by atoms with Gasteiger partial charge in [-0.2, -0.15) is 0 Å². The maximum Gasteiger partial charge on any atom is 0.261 e. The number of para-hydroxylation sites is 1. The fourth-order valence-electron chi connectivity index (χ4n) is 3.34. The number of carbonyl (C=O) groups excluding carboxylic acids is 1. The Kier molecular flexibility index (Phi) is 5.31. The minimum absolute atomic E-state index is 0.0191. The lowest BCUT2D eigenvalue weighted by atomic mass is 10.2. The van der Waals surface area contributed by atoms with Gasteiger partial charge in [0.25, 0.3) is 5.56 Å². The first kappa shape index (κ1) is 17.9. The van der Waals surface area contributed by atoms with Crippen molar-refractivity contribution in [2.24, 2.45) is 0 Å². The second-order valence-corrected chi connectivity index (χ2v) is 7.72. The van der Waals surface area contributed by atoms with Gasteiger partial charge in [0.1, 0.15) is 6.54 Å². The van der Waals surface area contributed by atoms with Crippen LogP contribution < -0.4 is 5.56 Å². The third kappa shape index (κ3) is 4.09. The SMILES string of the molecule is O=C(Cn1cnc2ccccc2c1=O)N(Cc1cccs1)CC1CCCO1. The summed E-state index contributed by atoms with van der Waals surface area (Å²) in [5.74, 6) is -0.0990. The number of aromatic nitrogens is 2. The van der Waals surface area contributed by atoms with Gasteiger partial charge in [-0.3, -0.25) is 14.2 Å². The molecule has 1 saturated heterocycles. The van der Waals surface area contributed by atoms with E-state index in [0.29, 0.717) is 24.0 Å². The Hall–Kier alpha value is -2.51. The number of benzene rings is 1. The van der Waals surface area contributed by atoms with Gasteiger partial charge >= 0.3 is 0 Å². The first-order chi connectivity index (χ1) is 13.2. The summed E-state index contributed by atoms with van der Waals surface area (Å²) in [4.78, 5) is 32.9. The molecule has 1 aromatic carbocycles. The zero-order valence-corrected chi connectivity index (χ0v) is 15.7. The summed E-state index contributed by atoms with van der Waals surface area (Å²) in [5.41, 5.74) is 0.447. The Morgan fingerprint density at radius 1 is 1.30 bits per heavy atom. The first-order valence-electron chi connectivity index (χ1n) is 9.06. The van der Waals surface area contributed by atoms with Gasteiger partial charge in [0, 0.05) is 18.0 Å². The van der Waals surface area contributed by atoms with Crippen LogP contribution in [0.5, 0.6) is 0 Å². The molecule has 140 valence electrons. The summed E-state index contributed by atoms with van der Waals surface area (Å²) >= 11 is 1.62. The Morgan fingerprint density at radius 2 is 2.19 bits per heavy atom. The van der Waals surface area contributed by atoms with Gasteiger partial charge in [0.15, 0.2) is 0 Å². The standard InChI is InChI=1S/C20H21N3O3S/c24-19(13-23-14-21-18-8-2-1-7-17(18)20(23)25)22(11-15-5-3-9-26-15)12-16-6-4-10-27-16/h1-2,4,6-8,10,14-15H,3,5,9,11-13H2. The number of hydrogen-bond acceptors (Lipinski definition) is 5. The Balaban J connectivity index is 1.55. The predicted molar refractivity (Wildman–Crippen MR) is 105 cm³/mol. The summed E-state index contributed by atoms with van der Waals surface area (Å²) < 4.78 is 7.10. The third-order valence-corrected chi connectivity index (χ3v) is 5.63. The fourth-order valence-corrected chi connectivity index (χ4v) is 4.06. The van der Waals surface area contributed by atoms with Crippen molar-refractivity contribution < 1.29 is 9.53 Å². The molecule has 1 fully saturated rings. The molecule has 1 atom stereocenters. The smallest absolute Gasteiger partial charge is 0.261 e. The Bertz CT molecular complexity index is 978. The number of nitrogens with zero attached hydrogens (tertiary/aromatic N) is 3. The van der Waals surface area contributed by atoms with E-state index in [1.807, 2.05) is 23.6 Å². The topological polar surface area (TPSA) is 64.4 Å². The number of amides is 1. The van der Waals surface area contributed by atoms with E-state index in [1.54, 1.807) is 34.4 Å². The van der Waals surface area contributed by atoms with E-state index in [9.17, 15) is 9.59 Å². The molecular weight excluding hydrogens is 362 g/mol. The van der Waals surface area contributed by atoms with Crippen molar-refractivity contribution in [3.8, 4) is 0 Å². The van der Waals surface area contributed by atoms with Crippen molar-refractivity contribution in [3.63, 3.8) is 0 Å². The van der Waals surface area contributed by atoms with E-state index in [-0.39, 0.29) is 24.1 Å². The van der Waals surface area contributed by atoms with E-state index in [4.69, 9.17) is 4.74 Å². The maximum absolute atomic E-state index is 13.0. The van der Waals surface area contributed by atoms with Gasteiger partial charge in [-0.25, -0.2) is 4.98 Å². The predicted octanol–water partition coefficient (Wildman–Crippen LogP) is 2.67. The normalized spacial score (nSPS) is 16.7. The molecule has 1 amide bonds. The third-order valence-electron chi connectivity index (χ3n) is 4.76. The van der Waals surface area contributed by atoms with Crippen molar-refractivity contribution in [1.29, 1.82) is 0 Å². The van der Waals surface area contributed by atoms with Crippen LogP contribution in [0, 0.1) is 0 Å². The van der Waals surface area contributed by atoms with Crippen LogP contribution in [0.15, 0.2) is 52.9 Å². The van der Waals surface area contributed by atoms with Crippen molar-refractivity contribution in [3.05, 3.63) is 63.3 Å². The minimum Gasteiger partial charge on any atom is -0.376 e. The molecule has 2 aromatic heterocycles. The summed E-state index contributed by atoms with van der Waals surface area (Å²) in [5, 5.41) is 2.53. The molecule has 3 aromatic rings. The lowest BCUT2D eigenvalue weighted by Gasteiger charge is -2.25. The molecule has 6 nitrogen and oxygen atoms in total. The fraction of sp³-hybridized carbons (Fsp3) is 0.350. The summed E-state index contributed by atoms with van der Waals surface area (Å²) in [6.45, 7) is 1.81. The summed E-state index contributed by atoms with van der Waals surface area (Å²) in [7, 11) is 0. The van der Waals surface area contributed by atoms with Crippen LogP contribution in [0.25, 0.3) is 10.9 Å². The number of rotatable bonds is 6. The van der Waals surface area contributed by atoms with Gasteiger partial charge in [0.05, 0.1) is 29.9 Å². The van der Waals surface area contributed by atoms with E-state index >= 15 is 0 Å². The molecule has 27 heavy (non-hydrogen) atoms. The van der Waals surface area contributed by atoms with Gasteiger partial charge in [-0.15, -0.1) is 11.3 Å². The highest BCUT2D eigenvalue weighted by atomic mass is 32.1. The zero-order valence-electron chi connectivity index (χ0n) is 14.9. The second kappa shape index (κ2) is 8.02. The largest absolute Gasteiger partial charge is 0.376 e. The molecule has 0 aliphatic carbocycles. The van der Waals surface area contributed by atoms with Gasteiger partial charge < -0.3 is 9.64 Å². The summed E-state index contributed by atoms with van der Waals surface area (Å²) in [6, 6.07) is 11.2. The van der Waals surface area contributed by atoms with Crippen LogP contribution in [0.1, 0.15) is 17.7 Å². The van der Waals surface area contributed by atoms with E-state index in [0.717, 1.165) is 24.3 Å². The van der Waals surface area contributed by atoms with Crippen LogP contribution in [-0.2, 0) is 22.6 Å². The minimum atomic E-state index is -0.192. The van der Waals surface area contributed by atoms with Gasteiger partial charge in [0.2, 0.25) is 5.91 Å². The van der Waals surface area contributed by atoms with Gasteiger partial charge in [-0.05, 0) is 36.4 Å². The monoisotopic (exact) mass is 383 g/mol. The molecule has 0 N–H and O–H groups in total. The van der Waals surface area contributed by atoms with Gasteiger partial charge in [-0.1, -0.05) is 18.2 Å². The molecule has 3 heterocycles. The molecule has 0 radical (unpaired) electrons. The Labute approximate surface area is 161 Å². The average Bonchev–Trinajstić information content (AvgIpc) is 3.38. The van der Waals surface area contributed by atoms with Crippen LogP contribution in [0.4, 0.5) is 0 Å². The number of thiophene rings is 1. The molecule has 1 aliphatic rings. The molecule has 4 rings (SSSR count). The lowest BCUT2D eigenvalue weighted by Crippen LogP contribution is -2.40. The van der Waals surface area contributed by atoms with Crippen molar-refractivity contribution in [2.45, 2.75) is 32.0 Å². The number of ether oxygens (including phenoxy) is 1. The maximum atomic E-state index is 13.0. The molecule has 0 bridgehead atoms. The second-order valence-electron chi connectivity index (χ2n) is 6.68. The molecule has 0 spiro atoms. The van der Waals surface area contributed by atoms with Crippen LogP contribution in [0.2, 0.25) is 0 Å². The van der Waals surface area contributed by atoms with E-state index < -0.39 is 0 Å². The molecule has 1 unspecified atom stereocenters. The van der Waals surface area contributed by atoms with Crippen LogP contribution in [-0.4, -0.2) is 39.6 Å². The van der Waals surface area contributed by atoms with Crippen LogP contribution >= 0.6 is 11.3 Å². The molecular formula is C20H21N3O3S. The van der Waals surface area contributed by atoms with Crippen LogP contribution in [0.3, 0.4) is 0 Å². The van der Waals surface area contributed by atoms with Crippen molar-refractivity contribution >= 4 is 28.1 Å².